The Hall–Kier alpha value is -4.06. The van der Waals surface area contributed by atoms with Gasteiger partial charge in [0.1, 0.15) is 17.2 Å². The lowest BCUT2D eigenvalue weighted by Crippen LogP contribution is -2.13. The lowest BCUT2D eigenvalue weighted by atomic mass is 10.2. The molecule has 0 spiro atoms. The van der Waals surface area contributed by atoms with E-state index in [2.05, 4.69) is 5.32 Å². The van der Waals surface area contributed by atoms with Gasteiger partial charge in [-0.05, 0) is 60.2 Å². The lowest BCUT2D eigenvalue weighted by Gasteiger charge is -2.09. The number of carbonyl (C=O) groups excluding carboxylic acids is 2. The van der Waals surface area contributed by atoms with Crippen molar-refractivity contribution in [2.24, 2.45) is 0 Å². The van der Waals surface area contributed by atoms with Gasteiger partial charge in [-0.2, -0.15) is 0 Å². The van der Waals surface area contributed by atoms with Crippen LogP contribution in [0.5, 0.6) is 17.2 Å². The zero-order valence-corrected chi connectivity index (χ0v) is 16.6. The molecule has 30 heavy (non-hydrogen) atoms. The molecule has 1 amide bonds. The van der Waals surface area contributed by atoms with Crippen molar-refractivity contribution in [1.82, 2.24) is 0 Å². The van der Waals surface area contributed by atoms with E-state index >= 15 is 0 Å². The molecule has 0 aliphatic heterocycles. The van der Waals surface area contributed by atoms with Crippen LogP contribution in [0, 0.1) is 0 Å². The molecular formula is C24H21NO5. The maximum Gasteiger partial charge on any atom is 0.336 e. The van der Waals surface area contributed by atoms with Gasteiger partial charge in [0, 0.05) is 11.8 Å². The number of ether oxygens (including phenoxy) is 3. The van der Waals surface area contributed by atoms with Crippen LogP contribution in [0.25, 0.3) is 6.08 Å². The van der Waals surface area contributed by atoms with Gasteiger partial charge in [0.2, 0.25) is 0 Å². The summed E-state index contributed by atoms with van der Waals surface area (Å²) < 4.78 is 15.6. The number of rotatable bonds is 7. The predicted octanol–water partition coefficient (Wildman–Crippen LogP) is 4.57. The molecule has 0 aliphatic carbocycles. The van der Waals surface area contributed by atoms with E-state index in [1.165, 1.54) is 13.2 Å². The normalized spacial score (nSPS) is 10.5. The van der Waals surface area contributed by atoms with E-state index < -0.39 is 5.97 Å². The molecule has 0 fully saturated rings. The first-order valence-corrected chi connectivity index (χ1v) is 9.17. The minimum atomic E-state index is -0.503. The Balaban J connectivity index is 1.57. The van der Waals surface area contributed by atoms with E-state index in [9.17, 15) is 9.59 Å². The fourth-order valence-electron chi connectivity index (χ4n) is 2.67. The predicted molar refractivity (Wildman–Crippen MR) is 115 cm³/mol. The number of amides is 1. The third kappa shape index (κ3) is 5.48. The molecule has 0 saturated heterocycles. The summed E-state index contributed by atoms with van der Waals surface area (Å²) in [4.78, 5) is 24.4. The summed E-state index contributed by atoms with van der Waals surface area (Å²) >= 11 is 0. The molecule has 0 saturated carbocycles. The van der Waals surface area contributed by atoms with Gasteiger partial charge in [0.25, 0.3) is 5.91 Å². The van der Waals surface area contributed by atoms with Crippen LogP contribution >= 0.6 is 0 Å². The molecular weight excluding hydrogens is 382 g/mol. The van der Waals surface area contributed by atoms with Gasteiger partial charge in [-0.1, -0.05) is 24.3 Å². The van der Waals surface area contributed by atoms with Crippen LogP contribution in [0.4, 0.5) is 5.69 Å². The fourth-order valence-corrected chi connectivity index (χ4v) is 2.67. The van der Waals surface area contributed by atoms with Crippen LogP contribution in [-0.4, -0.2) is 26.1 Å². The van der Waals surface area contributed by atoms with Crippen LogP contribution in [0.1, 0.15) is 15.9 Å². The van der Waals surface area contributed by atoms with Crippen molar-refractivity contribution in [3.63, 3.8) is 0 Å². The molecule has 1 N–H and O–H groups in total. The third-order valence-electron chi connectivity index (χ3n) is 4.21. The van der Waals surface area contributed by atoms with E-state index in [1.807, 2.05) is 24.3 Å². The van der Waals surface area contributed by atoms with E-state index in [4.69, 9.17) is 14.2 Å². The summed E-state index contributed by atoms with van der Waals surface area (Å²) in [6.45, 7) is 0. The van der Waals surface area contributed by atoms with Gasteiger partial charge in [-0.15, -0.1) is 0 Å². The Kier molecular flexibility index (Phi) is 6.84. The highest BCUT2D eigenvalue weighted by atomic mass is 16.5. The largest absolute Gasteiger partial charge is 0.497 e. The number of hydrogen-bond donors (Lipinski definition) is 1. The van der Waals surface area contributed by atoms with Crippen molar-refractivity contribution in [2.75, 3.05) is 19.5 Å². The zero-order chi connectivity index (χ0) is 21.3. The molecule has 0 atom stereocenters. The Morgan fingerprint density at radius 3 is 2.13 bits per heavy atom. The molecule has 3 aromatic rings. The Labute approximate surface area is 174 Å². The van der Waals surface area contributed by atoms with E-state index in [1.54, 1.807) is 61.7 Å². The van der Waals surface area contributed by atoms with Crippen molar-refractivity contribution >= 4 is 23.6 Å². The highest BCUT2D eigenvalue weighted by Crippen LogP contribution is 2.21. The molecule has 0 unspecified atom stereocenters. The molecule has 152 valence electrons. The molecule has 3 aromatic carbocycles. The summed E-state index contributed by atoms with van der Waals surface area (Å²) in [6, 6.07) is 20.8. The summed E-state index contributed by atoms with van der Waals surface area (Å²) in [5.74, 6) is 0.808. The van der Waals surface area contributed by atoms with Crippen LogP contribution in [0.15, 0.2) is 78.9 Å². The molecule has 0 aliphatic rings. The number of nitrogens with one attached hydrogen (secondary N) is 1. The second-order valence-corrected chi connectivity index (χ2v) is 6.21. The number of para-hydroxylation sites is 1. The average Bonchev–Trinajstić information content (AvgIpc) is 2.79. The number of hydrogen-bond acceptors (Lipinski definition) is 5. The van der Waals surface area contributed by atoms with Crippen molar-refractivity contribution in [3.8, 4) is 17.2 Å². The quantitative estimate of drug-likeness (QED) is 0.355. The first kappa shape index (κ1) is 20.7. The minimum absolute atomic E-state index is 0.292. The molecule has 0 bridgehead atoms. The molecule has 0 aromatic heterocycles. The maximum atomic E-state index is 12.4. The summed E-state index contributed by atoms with van der Waals surface area (Å²) in [6.07, 6.45) is 3.00. The number of methoxy groups -OCH3 is 2. The van der Waals surface area contributed by atoms with Gasteiger partial charge in [-0.25, -0.2) is 4.79 Å². The second kappa shape index (κ2) is 9.93. The van der Waals surface area contributed by atoms with E-state index in [0.717, 1.165) is 11.3 Å². The monoisotopic (exact) mass is 403 g/mol. The van der Waals surface area contributed by atoms with E-state index in [-0.39, 0.29) is 5.91 Å². The first-order chi connectivity index (χ1) is 14.6. The fraction of sp³-hybridized carbons (Fsp3) is 0.0833. The van der Waals surface area contributed by atoms with Gasteiger partial charge >= 0.3 is 5.97 Å². The SMILES string of the molecule is COc1ccc(/C=C\C(=O)Oc2ccc(NC(=O)c3ccccc3OC)cc2)cc1. The van der Waals surface area contributed by atoms with Gasteiger partial charge in [0.05, 0.1) is 19.8 Å². The number of carbonyl (C=O) groups is 2. The van der Waals surface area contributed by atoms with Gasteiger partial charge in [0.15, 0.2) is 0 Å². The summed E-state index contributed by atoms with van der Waals surface area (Å²) in [5, 5.41) is 2.79. The second-order valence-electron chi connectivity index (χ2n) is 6.21. The van der Waals surface area contributed by atoms with Crippen LogP contribution < -0.4 is 19.5 Å². The summed E-state index contributed by atoms with van der Waals surface area (Å²) in [5.41, 5.74) is 1.85. The van der Waals surface area contributed by atoms with Crippen molar-refractivity contribution in [3.05, 3.63) is 90.0 Å². The minimum Gasteiger partial charge on any atom is -0.497 e. The molecule has 3 rings (SSSR count). The zero-order valence-electron chi connectivity index (χ0n) is 16.6. The van der Waals surface area contributed by atoms with Gasteiger partial charge < -0.3 is 19.5 Å². The van der Waals surface area contributed by atoms with E-state index in [0.29, 0.717) is 22.7 Å². The molecule has 0 radical (unpaired) electrons. The highest BCUT2D eigenvalue weighted by Gasteiger charge is 2.11. The standard InChI is InChI=1S/C24H21NO5/c1-28-19-12-7-17(8-13-19)9-16-23(26)30-20-14-10-18(11-15-20)25-24(27)21-5-3-4-6-22(21)29-2/h3-16H,1-2H3,(H,25,27)/b16-9-. The molecule has 0 heterocycles. The summed E-state index contributed by atoms with van der Waals surface area (Å²) in [7, 11) is 3.11. The molecule has 6 nitrogen and oxygen atoms in total. The number of anilines is 1. The highest BCUT2D eigenvalue weighted by molar-refractivity contribution is 6.06. The van der Waals surface area contributed by atoms with Crippen molar-refractivity contribution in [1.29, 1.82) is 0 Å². The first-order valence-electron chi connectivity index (χ1n) is 9.17. The van der Waals surface area contributed by atoms with Crippen LogP contribution in [0.2, 0.25) is 0 Å². The Morgan fingerprint density at radius 2 is 1.47 bits per heavy atom. The average molecular weight is 403 g/mol. The van der Waals surface area contributed by atoms with Gasteiger partial charge in [-0.3, -0.25) is 4.79 Å². The topological polar surface area (TPSA) is 73.9 Å². The van der Waals surface area contributed by atoms with Crippen LogP contribution in [-0.2, 0) is 4.79 Å². The van der Waals surface area contributed by atoms with Crippen LogP contribution in [0.3, 0.4) is 0 Å². The number of esters is 1. The van der Waals surface area contributed by atoms with Crippen molar-refractivity contribution in [2.45, 2.75) is 0 Å². The molecule has 6 heteroatoms. The smallest absolute Gasteiger partial charge is 0.336 e. The van der Waals surface area contributed by atoms with Crippen molar-refractivity contribution < 1.29 is 23.8 Å². The Morgan fingerprint density at radius 1 is 0.800 bits per heavy atom. The number of benzene rings is 3. The lowest BCUT2D eigenvalue weighted by molar-refractivity contribution is -0.128. The third-order valence-corrected chi connectivity index (χ3v) is 4.21. The Bertz CT molecular complexity index is 1040. The maximum absolute atomic E-state index is 12.4.